The molecule has 15 heavy (non-hydrogen) atoms. The molecule has 0 unspecified atom stereocenters. The van der Waals surface area contributed by atoms with Gasteiger partial charge in [-0.3, -0.25) is 9.69 Å². The van der Waals surface area contributed by atoms with Crippen LogP contribution in [-0.4, -0.2) is 23.5 Å². The van der Waals surface area contributed by atoms with E-state index in [4.69, 9.17) is 5.11 Å². The number of fused-ring (bicyclic) bond motifs is 1. The third kappa shape index (κ3) is 1.70. The van der Waals surface area contributed by atoms with Crippen molar-refractivity contribution in [3.8, 4) is 0 Å². The van der Waals surface area contributed by atoms with E-state index in [0.717, 1.165) is 0 Å². The van der Waals surface area contributed by atoms with Gasteiger partial charge in [-0.05, 0) is 18.6 Å². The summed E-state index contributed by atoms with van der Waals surface area (Å²) in [4.78, 5) is 23.9. The lowest BCUT2D eigenvalue weighted by Gasteiger charge is -2.18. The minimum Gasteiger partial charge on any atom is -0.465 e. The lowest BCUT2D eigenvalue weighted by molar-refractivity contribution is 0.0983. The summed E-state index contributed by atoms with van der Waals surface area (Å²) in [7, 11) is 0. The van der Waals surface area contributed by atoms with E-state index >= 15 is 0 Å². The fourth-order valence-electron chi connectivity index (χ4n) is 1.80. The lowest BCUT2D eigenvalue weighted by atomic mass is 10.1. The fraction of sp³-hybridized carbons (Fsp3) is 0.273. The van der Waals surface area contributed by atoms with E-state index in [1.54, 1.807) is 24.3 Å². The molecule has 4 nitrogen and oxygen atoms in total. The molecule has 1 amide bonds. The van der Waals surface area contributed by atoms with Crippen LogP contribution < -0.4 is 4.90 Å². The molecule has 0 saturated carbocycles. The summed E-state index contributed by atoms with van der Waals surface area (Å²) in [6.07, 6.45) is -0.00204. The van der Waals surface area contributed by atoms with E-state index in [1.165, 1.54) is 4.90 Å². The highest BCUT2D eigenvalue weighted by Gasteiger charge is 2.23. The minimum atomic E-state index is -1.00. The van der Waals surface area contributed by atoms with Crippen LogP contribution in [0, 0.1) is 0 Å². The number of para-hydroxylation sites is 1. The monoisotopic (exact) mass is 205 g/mol. The maximum absolute atomic E-state index is 11.7. The first-order chi connectivity index (χ1) is 7.20. The van der Waals surface area contributed by atoms with E-state index < -0.39 is 6.09 Å². The molecular weight excluding hydrogens is 194 g/mol. The van der Waals surface area contributed by atoms with Crippen molar-refractivity contribution >= 4 is 17.6 Å². The Morgan fingerprint density at radius 2 is 2.07 bits per heavy atom. The number of carboxylic acid groups (broad SMARTS) is 1. The molecule has 0 aromatic heterocycles. The molecule has 4 heteroatoms. The highest BCUT2D eigenvalue weighted by Crippen LogP contribution is 2.25. The summed E-state index contributed by atoms with van der Waals surface area (Å²) in [6, 6.07) is 6.85. The maximum Gasteiger partial charge on any atom is 0.411 e. The summed E-state index contributed by atoms with van der Waals surface area (Å²) >= 11 is 0. The van der Waals surface area contributed by atoms with Crippen molar-refractivity contribution in [2.75, 3.05) is 11.4 Å². The SMILES string of the molecule is O=C1CCCN(C(=O)O)c2ccccc21. The van der Waals surface area contributed by atoms with E-state index in [2.05, 4.69) is 0 Å². The Bertz CT molecular complexity index is 414. The second-order valence-corrected chi connectivity index (χ2v) is 3.48. The van der Waals surface area contributed by atoms with Crippen LogP contribution in [0.4, 0.5) is 10.5 Å². The molecule has 1 aliphatic rings. The highest BCUT2D eigenvalue weighted by atomic mass is 16.4. The predicted octanol–water partition coefficient (Wildman–Crippen LogP) is 2.15. The number of carbonyl (C=O) groups excluding carboxylic acids is 1. The Kier molecular flexibility index (Phi) is 2.41. The molecule has 0 bridgehead atoms. The van der Waals surface area contributed by atoms with Gasteiger partial charge in [-0.2, -0.15) is 0 Å². The van der Waals surface area contributed by atoms with Crippen molar-refractivity contribution in [2.24, 2.45) is 0 Å². The number of nitrogens with zero attached hydrogens (tertiary/aromatic N) is 1. The Labute approximate surface area is 87.1 Å². The number of anilines is 1. The van der Waals surface area contributed by atoms with Gasteiger partial charge in [-0.1, -0.05) is 12.1 Å². The van der Waals surface area contributed by atoms with Crippen molar-refractivity contribution in [1.82, 2.24) is 0 Å². The number of rotatable bonds is 0. The molecule has 0 aliphatic carbocycles. The van der Waals surface area contributed by atoms with Crippen molar-refractivity contribution in [1.29, 1.82) is 0 Å². The third-order valence-corrected chi connectivity index (χ3v) is 2.51. The van der Waals surface area contributed by atoms with Gasteiger partial charge in [0, 0.05) is 18.5 Å². The number of hydrogen-bond acceptors (Lipinski definition) is 2. The van der Waals surface area contributed by atoms with Crippen LogP contribution in [0.5, 0.6) is 0 Å². The van der Waals surface area contributed by atoms with Gasteiger partial charge in [0.05, 0.1) is 5.69 Å². The molecule has 1 aliphatic heterocycles. The molecule has 0 saturated heterocycles. The maximum atomic E-state index is 11.7. The topological polar surface area (TPSA) is 57.6 Å². The third-order valence-electron chi connectivity index (χ3n) is 2.51. The van der Waals surface area contributed by atoms with Crippen LogP contribution in [0.2, 0.25) is 0 Å². The Morgan fingerprint density at radius 1 is 1.33 bits per heavy atom. The lowest BCUT2D eigenvalue weighted by Crippen LogP contribution is -2.29. The molecule has 2 rings (SSSR count). The second kappa shape index (κ2) is 3.73. The van der Waals surface area contributed by atoms with Crippen LogP contribution in [0.15, 0.2) is 24.3 Å². The second-order valence-electron chi connectivity index (χ2n) is 3.48. The summed E-state index contributed by atoms with van der Waals surface area (Å²) in [5.74, 6) is 0.0225. The molecule has 1 aromatic carbocycles. The zero-order chi connectivity index (χ0) is 10.8. The molecule has 0 fully saturated rings. The summed E-state index contributed by atoms with van der Waals surface area (Å²) in [5, 5.41) is 9.01. The molecule has 1 aromatic rings. The van der Waals surface area contributed by atoms with Gasteiger partial charge < -0.3 is 5.11 Å². The zero-order valence-electron chi connectivity index (χ0n) is 8.14. The Balaban J connectivity index is 2.52. The summed E-state index contributed by atoms with van der Waals surface area (Å²) < 4.78 is 0. The van der Waals surface area contributed by atoms with E-state index in [9.17, 15) is 9.59 Å². The smallest absolute Gasteiger partial charge is 0.411 e. The predicted molar refractivity (Wildman–Crippen MR) is 55.4 cm³/mol. The normalized spacial score (nSPS) is 15.7. The average Bonchev–Trinajstić information content (AvgIpc) is 2.39. The van der Waals surface area contributed by atoms with Gasteiger partial charge in [-0.25, -0.2) is 4.79 Å². The molecular formula is C11H11NO3. The first-order valence-electron chi connectivity index (χ1n) is 4.83. The first kappa shape index (κ1) is 9.71. The fourth-order valence-corrected chi connectivity index (χ4v) is 1.80. The van der Waals surface area contributed by atoms with Gasteiger partial charge >= 0.3 is 6.09 Å². The average molecular weight is 205 g/mol. The van der Waals surface area contributed by atoms with E-state index in [1.807, 2.05) is 0 Å². The molecule has 78 valence electrons. The van der Waals surface area contributed by atoms with Crippen LogP contribution >= 0.6 is 0 Å². The van der Waals surface area contributed by atoms with Crippen molar-refractivity contribution in [2.45, 2.75) is 12.8 Å². The number of benzene rings is 1. The quantitative estimate of drug-likeness (QED) is 0.706. The summed E-state index contributed by atoms with van der Waals surface area (Å²) in [5.41, 5.74) is 1.02. The molecule has 1 N–H and O–H groups in total. The van der Waals surface area contributed by atoms with Crippen molar-refractivity contribution < 1.29 is 14.7 Å². The number of Topliss-reactive ketones (excluding diaryl/α,β-unsaturated/α-hetero) is 1. The number of carbonyl (C=O) groups is 2. The Morgan fingerprint density at radius 3 is 2.80 bits per heavy atom. The van der Waals surface area contributed by atoms with Crippen LogP contribution in [0.25, 0.3) is 0 Å². The highest BCUT2D eigenvalue weighted by molar-refractivity contribution is 6.05. The van der Waals surface area contributed by atoms with Gasteiger partial charge in [0.1, 0.15) is 0 Å². The van der Waals surface area contributed by atoms with Crippen LogP contribution in [0.1, 0.15) is 23.2 Å². The molecule has 0 radical (unpaired) electrons. The molecule has 0 spiro atoms. The number of hydrogen-bond donors (Lipinski definition) is 1. The largest absolute Gasteiger partial charge is 0.465 e. The standard InChI is InChI=1S/C11H11NO3/c13-10-6-3-7-12(11(14)15)9-5-2-1-4-8(9)10/h1-2,4-5H,3,6-7H2,(H,14,15). The minimum absolute atomic E-state index is 0.0225. The summed E-state index contributed by atoms with van der Waals surface area (Å²) in [6.45, 7) is 0.387. The Hall–Kier alpha value is -1.84. The van der Waals surface area contributed by atoms with Crippen molar-refractivity contribution in [3.05, 3.63) is 29.8 Å². The van der Waals surface area contributed by atoms with E-state index in [0.29, 0.717) is 30.6 Å². The van der Waals surface area contributed by atoms with E-state index in [-0.39, 0.29) is 5.78 Å². The molecule has 0 atom stereocenters. The van der Waals surface area contributed by atoms with Gasteiger partial charge in [0.2, 0.25) is 0 Å². The number of ketones is 1. The zero-order valence-corrected chi connectivity index (χ0v) is 8.14. The van der Waals surface area contributed by atoms with Crippen molar-refractivity contribution in [3.63, 3.8) is 0 Å². The van der Waals surface area contributed by atoms with Gasteiger partial charge in [0.15, 0.2) is 5.78 Å². The molecule has 1 heterocycles. The number of amides is 1. The van der Waals surface area contributed by atoms with Crippen LogP contribution in [0.3, 0.4) is 0 Å². The first-order valence-corrected chi connectivity index (χ1v) is 4.83. The van der Waals surface area contributed by atoms with Gasteiger partial charge in [0.25, 0.3) is 0 Å². The van der Waals surface area contributed by atoms with Gasteiger partial charge in [-0.15, -0.1) is 0 Å². The van der Waals surface area contributed by atoms with Crippen LogP contribution in [-0.2, 0) is 0 Å².